The highest BCUT2D eigenvalue weighted by atomic mass is 35.5. The molecule has 0 radical (unpaired) electrons. The Morgan fingerprint density at radius 2 is 2.15 bits per heavy atom. The van der Waals surface area contributed by atoms with Crippen molar-refractivity contribution in [1.29, 1.82) is 0 Å². The van der Waals surface area contributed by atoms with Crippen molar-refractivity contribution in [1.82, 2.24) is 10.2 Å². The highest BCUT2D eigenvalue weighted by Gasteiger charge is 2.19. The zero-order valence-corrected chi connectivity index (χ0v) is 11.7. The highest BCUT2D eigenvalue weighted by Crippen LogP contribution is 2.22. The fourth-order valence-electron chi connectivity index (χ4n) is 1.65. The van der Waals surface area contributed by atoms with Crippen molar-refractivity contribution in [3.8, 4) is 12.3 Å². The summed E-state index contributed by atoms with van der Waals surface area (Å²) in [5.74, 6) is 1.13. The number of benzene rings is 1. The molecule has 1 unspecified atom stereocenters. The van der Waals surface area contributed by atoms with Gasteiger partial charge < -0.3 is 15.3 Å². The number of aliphatic carboxylic acids is 1. The number of carbonyl (C=O) groups excluding carboxylic acids is 1. The number of hydrogen-bond donors (Lipinski definition) is 2. The molecule has 1 aromatic carbocycles. The number of hydrogen-bond acceptors (Lipinski definition) is 2. The van der Waals surface area contributed by atoms with E-state index in [2.05, 4.69) is 11.2 Å². The molecule has 1 atom stereocenters. The number of terminal acetylenes is 1. The van der Waals surface area contributed by atoms with Crippen LogP contribution in [0, 0.1) is 12.3 Å². The van der Waals surface area contributed by atoms with Crippen LogP contribution in [0.5, 0.6) is 0 Å². The van der Waals surface area contributed by atoms with Gasteiger partial charge in [0.2, 0.25) is 0 Å². The summed E-state index contributed by atoms with van der Waals surface area (Å²) in [4.78, 5) is 23.7. The van der Waals surface area contributed by atoms with Gasteiger partial charge in [-0.2, -0.15) is 0 Å². The van der Waals surface area contributed by atoms with E-state index < -0.39 is 18.5 Å². The maximum absolute atomic E-state index is 12.0. The number of nitrogens with zero attached hydrogens (tertiary/aromatic N) is 1. The lowest BCUT2D eigenvalue weighted by molar-refractivity contribution is -0.137. The van der Waals surface area contributed by atoms with E-state index in [4.69, 9.17) is 23.1 Å². The zero-order chi connectivity index (χ0) is 15.1. The number of carbonyl (C=O) groups is 2. The number of carboxylic acid groups (broad SMARTS) is 1. The number of carboxylic acids is 1. The number of nitrogens with one attached hydrogen (secondary N) is 1. The van der Waals surface area contributed by atoms with E-state index in [0.717, 1.165) is 10.5 Å². The second-order valence-electron chi connectivity index (χ2n) is 4.15. The third kappa shape index (κ3) is 4.48. The Balaban J connectivity index is 2.75. The molecular weight excluding hydrogens is 280 g/mol. The van der Waals surface area contributed by atoms with E-state index in [1.54, 1.807) is 31.2 Å². The van der Waals surface area contributed by atoms with Gasteiger partial charge in [0.15, 0.2) is 0 Å². The van der Waals surface area contributed by atoms with Gasteiger partial charge in [0.25, 0.3) is 0 Å². The monoisotopic (exact) mass is 294 g/mol. The maximum atomic E-state index is 12.0. The van der Waals surface area contributed by atoms with Crippen LogP contribution in [0.15, 0.2) is 24.3 Å². The van der Waals surface area contributed by atoms with Crippen LogP contribution in [0.4, 0.5) is 4.79 Å². The summed E-state index contributed by atoms with van der Waals surface area (Å²) < 4.78 is 0. The molecule has 1 aromatic rings. The molecule has 6 heteroatoms. The van der Waals surface area contributed by atoms with E-state index in [-0.39, 0.29) is 12.6 Å². The minimum atomic E-state index is -1.12. The van der Waals surface area contributed by atoms with Gasteiger partial charge in [0.1, 0.15) is 6.54 Å². The molecule has 2 N–H and O–H groups in total. The average Bonchev–Trinajstić information content (AvgIpc) is 2.38. The second-order valence-corrected chi connectivity index (χ2v) is 4.55. The van der Waals surface area contributed by atoms with E-state index in [0.29, 0.717) is 5.02 Å². The van der Waals surface area contributed by atoms with Crippen molar-refractivity contribution < 1.29 is 14.7 Å². The SMILES string of the molecule is C#CCN(CC(=O)O)C(=O)NC(C)c1ccccc1Cl. The van der Waals surface area contributed by atoms with Crippen LogP contribution in [0.3, 0.4) is 0 Å². The van der Waals surface area contributed by atoms with Crippen LogP contribution in [0.2, 0.25) is 5.02 Å². The summed E-state index contributed by atoms with van der Waals surface area (Å²) >= 11 is 6.04. The summed E-state index contributed by atoms with van der Waals surface area (Å²) in [7, 11) is 0. The van der Waals surface area contributed by atoms with Crippen molar-refractivity contribution >= 4 is 23.6 Å². The number of urea groups is 1. The molecule has 0 saturated heterocycles. The van der Waals surface area contributed by atoms with Crippen LogP contribution >= 0.6 is 11.6 Å². The highest BCUT2D eigenvalue weighted by molar-refractivity contribution is 6.31. The number of rotatable bonds is 5. The molecule has 0 fully saturated rings. The van der Waals surface area contributed by atoms with Crippen LogP contribution < -0.4 is 5.32 Å². The molecule has 0 spiro atoms. The molecule has 20 heavy (non-hydrogen) atoms. The Morgan fingerprint density at radius 3 is 2.70 bits per heavy atom. The molecular formula is C14H15ClN2O3. The lowest BCUT2D eigenvalue weighted by Gasteiger charge is -2.22. The Morgan fingerprint density at radius 1 is 1.50 bits per heavy atom. The lowest BCUT2D eigenvalue weighted by Crippen LogP contribution is -2.43. The number of amides is 2. The van der Waals surface area contributed by atoms with Crippen LogP contribution in [0.25, 0.3) is 0 Å². The first-order chi connectivity index (χ1) is 9.45. The fourth-order valence-corrected chi connectivity index (χ4v) is 1.95. The van der Waals surface area contributed by atoms with Gasteiger partial charge in [-0.25, -0.2) is 4.79 Å². The first kappa shape index (κ1) is 15.9. The van der Waals surface area contributed by atoms with Crippen molar-refractivity contribution in [2.45, 2.75) is 13.0 Å². The Bertz CT molecular complexity index is 539. The minimum absolute atomic E-state index is 0.0760. The molecule has 0 aliphatic rings. The Hall–Kier alpha value is -2.19. The zero-order valence-electron chi connectivity index (χ0n) is 11.0. The molecule has 2 amide bonds. The smallest absolute Gasteiger partial charge is 0.323 e. The molecule has 106 valence electrons. The van der Waals surface area contributed by atoms with E-state index in [1.807, 2.05) is 0 Å². The van der Waals surface area contributed by atoms with Crippen molar-refractivity contribution in [3.63, 3.8) is 0 Å². The topological polar surface area (TPSA) is 69.6 Å². The molecule has 0 heterocycles. The summed E-state index contributed by atoms with van der Waals surface area (Å²) in [5, 5.41) is 11.9. The summed E-state index contributed by atoms with van der Waals surface area (Å²) in [6.45, 7) is 1.23. The van der Waals surface area contributed by atoms with E-state index in [9.17, 15) is 9.59 Å². The van der Waals surface area contributed by atoms with Gasteiger partial charge in [0, 0.05) is 5.02 Å². The largest absolute Gasteiger partial charge is 0.480 e. The normalized spacial score (nSPS) is 11.2. The van der Waals surface area contributed by atoms with Gasteiger partial charge in [-0.05, 0) is 18.6 Å². The van der Waals surface area contributed by atoms with Crippen LogP contribution in [-0.4, -0.2) is 35.1 Å². The van der Waals surface area contributed by atoms with Gasteiger partial charge in [-0.3, -0.25) is 4.79 Å². The molecule has 0 aliphatic heterocycles. The predicted molar refractivity (Wildman–Crippen MR) is 76.4 cm³/mol. The molecule has 0 saturated carbocycles. The van der Waals surface area contributed by atoms with E-state index in [1.165, 1.54) is 0 Å². The summed E-state index contributed by atoms with van der Waals surface area (Å²) in [6.07, 6.45) is 5.12. The van der Waals surface area contributed by atoms with Gasteiger partial charge in [-0.15, -0.1) is 6.42 Å². The molecule has 0 aromatic heterocycles. The average molecular weight is 295 g/mol. The summed E-state index contributed by atoms with van der Waals surface area (Å²) in [5.41, 5.74) is 0.749. The standard InChI is InChI=1S/C14H15ClN2O3/c1-3-8-17(9-13(18)19)14(20)16-10(2)11-6-4-5-7-12(11)15/h1,4-7,10H,8-9H2,2H3,(H,16,20)(H,18,19). The molecule has 0 bridgehead atoms. The van der Waals surface area contributed by atoms with E-state index >= 15 is 0 Å². The summed E-state index contributed by atoms with van der Waals surface area (Å²) in [6, 6.07) is 6.20. The third-order valence-electron chi connectivity index (χ3n) is 2.61. The molecule has 0 aliphatic carbocycles. The Labute approximate surface area is 122 Å². The first-order valence-electron chi connectivity index (χ1n) is 5.90. The van der Waals surface area contributed by atoms with Gasteiger partial charge in [0.05, 0.1) is 12.6 Å². The van der Waals surface area contributed by atoms with Crippen molar-refractivity contribution in [2.75, 3.05) is 13.1 Å². The molecule has 5 nitrogen and oxygen atoms in total. The van der Waals surface area contributed by atoms with Gasteiger partial charge in [-0.1, -0.05) is 35.7 Å². The lowest BCUT2D eigenvalue weighted by atomic mass is 10.1. The van der Waals surface area contributed by atoms with Crippen molar-refractivity contribution in [3.05, 3.63) is 34.9 Å². The quantitative estimate of drug-likeness (QED) is 0.817. The Kier molecular flexibility index (Phi) is 5.88. The second kappa shape index (κ2) is 7.41. The molecule has 1 rings (SSSR count). The van der Waals surface area contributed by atoms with Gasteiger partial charge >= 0.3 is 12.0 Å². The number of halogens is 1. The fraction of sp³-hybridized carbons (Fsp3) is 0.286. The van der Waals surface area contributed by atoms with Crippen molar-refractivity contribution in [2.24, 2.45) is 0 Å². The van der Waals surface area contributed by atoms with Crippen LogP contribution in [-0.2, 0) is 4.79 Å². The third-order valence-corrected chi connectivity index (χ3v) is 2.95. The minimum Gasteiger partial charge on any atom is -0.480 e. The maximum Gasteiger partial charge on any atom is 0.323 e. The first-order valence-corrected chi connectivity index (χ1v) is 6.28. The predicted octanol–water partition coefficient (Wildman–Crippen LogP) is 2.13. The van der Waals surface area contributed by atoms with Crippen LogP contribution in [0.1, 0.15) is 18.5 Å².